The van der Waals surface area contributed by atoms with Crippen molar-refractivity contribution in [1.29, 1.82) is 0 Å². The topological polar surface area (TPSA) is 36.4 Å². The van der Waals surface area contributed by atoms with E-state index < -0.39 is 0 Å². The first-order valence-corrected chi connectivity index (χ1v) is 6.87. The van der Waals surface area contributed by atoms with Gasteiger partial charge in [-0.3, -0.25) is 4.99 Å². The number of aryl methyl sites for hydroxylation is 1. The molecule has 96 valence electrons. The maximum Gasteiger partial charge on any atom is 0.191 e. The lowest BCUT2D eigenvalue weighted by molar-refractivity contribution is 0.481. The summed E-state index contributed by atoms with van der Waals surface area (Å²) < 4.78 is 0. The Balaban J connectivity index is 2.43. The normalized spacial score (nSPS) is 13.9. The molecule has 4 heteroatoms. The molecule has 2 N–H and O–H groups in total. The largest absolute Gasteiger partial charge is 0.354 e. The predicted molar refractivity (Wildman–Crippen MR) is 76.7 cm³/mol. The van der Waals surface area contributed by atoms with E-state index in [-0.39, 0.29) is 0 Å². The van der Waals surface area contributed by atoms with Crippen molar-refractivity contribution in [2.45, 2.75) is 40.3 Å². The molecule has 1 aromatic rings. The molecule has 1 unspecified atom stereocenters. The number of hydrogen-bond donors (Lipinski definition) is 2. The summed E-state index contributed by atoms with van der Waals surface area (Å²) >= 11 is 1.82. The second-order valence-corrected chi connectivity index (χ2v) is 5.99. The van der Waals surface area contributed by atoms with Gasteiger partial charge in [-0.1, -0.05) is 13.8 Å². The van der Waals surface area contributed by atoms with Crippen molar-refractivity contribution in [2.24, 2.45) is 10.9 Å². The molecule has 1 aromatic heterocycles. The van der Waals surface area contributed by atoms with Gasteiger partial charge >= 0.3 is 0 Å². The highest BCUT2D eigenvalue weighted by atomic mass is 32.1. The van der Waals surface area contributed by atoms with Crippen LogP contribution in [0.2, 0.25) is 0 Å². The van der Waals surface area contributed by atoms with Crippen molar-refractivity contribution in [3.63, 3.8) is 0 Å². The van der Waals surface area contributed by atoms with E-state index in [1.54, 1.807) is 0 Å². The maximum absolute atomic E-state index is 4.23. The fourth-order valence-electron chi connectivity index (χ4n) is 1.33. The fourth-order valence-corrected chi connectivity index (χ4v) is 2.16. The molecule has 0 radical (unpaired) electrons. The number of nitrogens with one attached hydrogen (secondary N) is 2. The summed E-state index contributed by atoms with van der Waals surface area (Å²) in [6.07, 6.45) is 0. The van der Waals surface area contributed by atoms with Gasteiger partial charge in [-0.05, 0) is 31.9 Å². The van der Waals surface area contributed by atoms with Crippen molar-refractivity contribution in [3.05, 3.63) is 21.9 Å². The molecule has 0 aliphatic rings. The van der Waals surface area contributed by atoms with Crippen molar-refractivity contribution < 1.29 is 0 Å². The molecule has 0 aliphatic carbocycles. The van der Waals surface area contributed by atoms with Gasteiger partial charge in [0.1, 0.15) is 0 Å². The Hall–Kier alpha value is -1.03. The Kier molecular flexibility index (Phi) is 5.48. The lowest BCUT2D eigenvalue weighted by Crippen LogP contribution is -2.43. The van der Waals surface area contributed by atoms with Crippen LogP contribution < -0.4 is 10.6 Å². The molecule has 0 amide bonds. The minimum atomic E-state index is 0.422. The van der Waals surface area contributed by atoms with Crippen molar-refractivity contribution in [1.82, 2.24) is 10.6 Å². The third-order valence-corrected chi connectivity index (χ3v) is 3.81. The third kappa shape index (κ3) is 4.77. The Labute approximate surface area is 108 Å². The van der Waals surface area contributed by atoms with E-state index in [0.717, 1.165) is 12.5 Å². The van der Waals surface area contributed by atoms with Crippen LogP contribution in [0.4, 0.5) is 0 Å². The molecule has 0 spiro atoms. The average molecular weight is 253 g/mol. The summed E-state index contributed by atoms with van der Waals surface area (Å²) in [5.41, 5.74) is 0. The van der Waals surface area contributed by atoms with Gasteiger partial charge in [0.05, 0.1) is 6.54 Å². The number of thiophene rings is 1. The lowest BCUT2D eigenvalue weighted by atomic mass is 10.1. The van der Waals surface area contributed by atoms with Crippen LogP contribution in [0.15, 0.2) is 17.1 Å². The Morgan fingerprint density at radius 1 is 1.35 bits per heavy atom. The lowest BCUT2D eigenvalue weighted by Gasteiger charge is -2.20. The SMILES string of the molecule is CN=C(NCc1ccc(C)s1)NC(C)C(C)C. The van der Waals surface area contributed by atoms with Crippen LogP contribution >= 0.6 is 11.3 Å². The van der Waals surface area contributed by atoms with Gasteiger partial charge in [0.25, 0.3) is 0 Å². The van der Waals surface area contributed by atoms with Crippen LogP contribution in [0.1, 0.15) is 30.5 Å². The molecule has 1 rings (SSSR count). The highest BCUT2D eigenvalue weighted by molar-refractivity contribution is 7.11. The zero-order chi connectivity index (χ0) is 12.8. The predicted octanol–water partition coefficient (Wildman–Crippen LogP) is 2.77. The number of guanidine groups is 1. The van der Waals surface area contributed by atoms with E-state index in [1.807, 2.05) is 18.4 Å². The van der Waals surface area contributed by atoms with Crippen LogP contribution in [-0.4, -0.2) is 19.0 Å². The number of rotatable bonds is 4. The molecular formula is C13H23N3S. The first-order chi connectivity index (χ1) is 8.02. The first kappa shape index (κ1) is 14.0. The first-order valence-electron chi connectivity index (χ1n) is 6.05. The van der Waals surface area contributed by atoms with E-state index in [9.17, 15) is 0 Å². The third-order valence-electron chi connectivity index (χ3n) is 2.81. The molecule has 0 aliphatic heterocycles. The second-order valence-electron chi connectivity index (χ2n) is 4.62. The number of hydrogen-bond acceptors (Lipinski definition) is 2. The molecule has 0 saturated heterocycles. The smallest absolute Gasteiger partial charge is 0.191 e. The number of aliphatic imine (C=N–C) groups is 1. The molecule has 0 saturated carbocycles. The Morgan fingerprint density at radius 3 is 2.53 bits per heavy atom. The molecule has 1 heterocycles. The maximum atomic E-state index is 4.23. The molecule has 0 bridgehead atoms. The summed E-state index contributed by atoms with van der Waals surface area (Å²) in [7, 11) is 1.81. The van der Waals surface area contributed by atoms with Crippen LogP contribution in [0.5, 0.6) is 0 Å². The Bertz CT molecular complexity index is 368. The van der Waals surface area contributed by atoms with Crippen LogP contribution in [0, 0.1) is 12.8 Å². The molecule has 3 nitrogen and oxygen atoms in total. The number of nitrogens with zero attached hydrogens (tertiary/aromatic N) is 1. The van der Waals surface area contributed by atoms with E-state index in [2.05, 4.69) is 55.5 Å². The van der Waals surface area contributed by atoms with Gasteiger partial charge in [0.2, 0.25) is 0 Å². The second kappa shape index (κ2) is 6.64. The van der Waals surface area contributed by atoms with Gasteiger partial charge in [0, 0.05) is 22.8 Å². The van der Waals surface area contributed by atoms with Gasteiger partial charge in [-0.25, -0.2) is 0 Å². The summed E-state index contributed by atoms with van der Waals surface area (Å²) in [6.45, 7) is 9.54. The highest BCUT2D eigenvalue weighted by Crippen LogP contribution is 2.14. The van der Waals surface area contributed by atoms with Crippen LogP contribution in [-0.2, 0) is 6.54 Å². The van der Waals surface area contributed by atoms with Gasteiger partial charge in [-0.2, -0.15) is 0 Å². The van der Waals surface area contributed by atoms with Gasteiger partial charge < -0.3 is 10.6 Å². The minimum absolute atomic E-state index is 0.422. The molecule has 0 fully saturated rings. The summed E-state index contributed by atoms with van der Waals surface area (Å²) in [5.74, 6) is 1.47. The van der Waals surface area contributed by atoms with Gasteiger partial charge in [-0.15, -0.1) is 11.3 Å². The van der Waals surface area contributed by atoms with Gasteiger partial charge in [0.15, 0.2) is 5.96 Å². The summed E-state index contributed by atoms with van der Waals surface area (Å²) in [4.78, 5) is 6.91. The quantitative estimate of drug-likeness (QED) is 0.639. The molecule has 0 aromatic carbocycles. The van der Waals surface area contributed by atoms with E-state index >= 15 is 0 Å². The van der Waals surface area contributed by atoms with Crippen molar-refractivity contribution in [2.75, 3.05) is 7.05 Å². The van der Waals surface area contributed by atoms with Crippen molar-refractivity contribution >= 4 is 17.3 Å². The average Bonchev–Trinajstić information content (AvgIpc) is 2.69. The molecule has 17 heavy (non-hydrogen) atoms. The molecular weight excluding hydrogens is 230 g/mol. The van der Waals surface area contributed by atoms with Crippen LogP contribution in [0.3, 0.4) is 0 Å². The van der Waals surface area contributed by atoms with E-state index in [1.165, 1.54) is 9.75 Å². The molecule has 1 atom stereocenters. The van der Waals surface area contributed by atoms with E-state index in [4.69, 9.17) is 0 Å². The summed E-state index contributed by atoms with van der Waals surface area (Å²) in [6, 6.07) is 4.73. The van der Waals surface area contributed by atoms with Crippen LogP contribution in [0.25, 0.3) is 0 Å². The monoisotopic (exact) mass is 253 g/mol. The highest BCUT2D eigenvalue weighted by Gasteiger charge is 2.08. The van der Waals surface area contributed by atoms with Crippen molar-refractivity contribution in [3.8, 4) is 0 Å². The standard InChI is InChI=1S/C13H23N3S/c1-9(2)11(4)16-13(14-5)15-8-12-7-6-10(3)17-12/h6-7,9,11H,8H2,1-5H3,(H2,14,15,16). The minimum Gasteiger partial charge on any atom is -0.354 e. The van der Waals surface area contributed by atoms with E-state index in [0.29, 0.717) is 12.0 Å². The zero-order valence-corrected chi connectivity index (χ0v) is 12.2. The summed E-state index contributed by atoms with van der Waals surface area (Å²) in [5, 5.41) is 6.72. The Morgan fingerprint density at radius 2 is 2.06 bits per heavy atom. The zero-order valence-electron chi connectivity index (χ0n) is 11.4. The fraction of sp³-hybridized carbons (Fsp3) is 0.615.